The average molecular weight is 368 g/mol. The number of aryl methyl sites for hydroxylation is 1. The van der Waals surface area contributed by atoms with E-state index < -0.39 is 34.1 Å². The molecule has 24 heavy (non-hydrogen) atoms. The highest BCUT2D eigenvalue weighted by Crippen LogP contribution is 2.30. The van der Waals surface area contributed by atoms with E-state index in [1.54, 1.807) is 18.2 Å². The topological polar surface area (TPSA) is 93.2 Å². The molecule has 0 bridgehead atoms. The van der Waals surface area contributed by atoms with Gasteiger partial charge in [-0.1, -0.05) is 24.3 Å². The van der Waals surface area contributed by atoms with E-state index in [4.69, 9.17) is 9.29 Å². The molecular formula is C14H15F3O6S. The Bertz CT molecular complexity index is 697. The molecule has 1 N–H and O–H groups in total. The summed E-state index contributed by atoms with van der Waals surface area (Å²) in [5, 5.41) is 0. The lowest BCUT2D eigenvalue weighted by Gasteiger charge is -2.19. The Labute approximate surface area is 136 Å². The highest BCUT2D eigenvalue weighted by Gasteiger charge is 2.45. The van der Waals surface area contributed by atoms with E-state index in [-0.39, 0.29) is 18.9 Å². The van der Waals surface area contributed by atoms with E-state index in [2.05, 4.69) is 4.74 Å². The van der Waals surface area contributed by atoms with Crippen molar-refractivity contribution in [3.05, 3.63) is 35.4 Å². The molecule has 0 saturated carbocycles. The number of alkyl halides is 3. The van der Waals surface area contributed by atoms with Gasteiger partial charge in [-0.15, -0.1) is 0 Å². The zero-order valence-electron chi connectivity index (χ0n) is 12.3. The van der Waals surface area contributed by atoms with Crippen molar-refractivity contribution < 1.29 is 40.4 Å². The highest BCUT2D eigenvalue weighted by atomic mass is 32.2. The molecule has 1 aliphatic heterocycles. The smallest absolute Gasteiger partial charge is 0.426 e. The summed E-state index contributed by atoms with van der Waals surface area (Å²) in [5.74, 6) is -2.93. The zero-order chi connectivity index (χ0) is 18.0. The molecule has 1 fully saturated rings. The number of halogens is 3. The number of hydrogen-bond donors (Lipinski definition) is 1. The van der Waals surface area contributed by atoms with Crippen LogP contribution in [-0.2, 0) is 30.8 Å². The number of rotatable bonds is 7. The minimum Gasteiger partial charge on any atom is -0.451 e. The molecule has 1 aromatic rings. The molecule has 2 unspecified atom stereocenters. The third-order valence-electron chi connectivity index (χ3n) is 3.27. The maximum Gasteiger partial charge on any atom is 0.426 e. The zero-order valence-corrected chi connectivity index (χ0v) is 13.1. The fraction of sp³-hybridized carbons (Fsp3) is 0.500. The van der Waals surface area contributed by atoms with Gasteiger partial charge >= 0.3 is 12.1 Å². The van der Waals surface area contributed by atoms with Gasteiger partial charge in [0.25, 0.3) is 10.1 Å². The first-order chi connectivity index (χ1) is 11.0. The molecule has 2 rings (SSSR count). The van der Waals surface area contributed by atoms with Crippen LogP contribution in [0.1, 0.15) is 23.7 Å². The van der Waals surface area contributed by atoms with Crippen LogP contribution in [-0.4, -0.2) is 43.6 Å². The van der Waals surface area contributed by atoms with Crippen LogP contribution >= 0.6 is 0 Å². The Morgan fingerprint density at radius 2 is 2.08 bits per heavy atom. The van der Waals surface area contributed by atoms with Gasteiger partial charge in [-0.05, 0) is 17.5 Å². The SMILES string of the molecule is O=C(CCc1cccc(C2CO2)c1)OC(CS(=O)(=O)O)C(F)(F)F. The van der Waals surface area contributed by atoms with Gasteiger partial charge in [-0.3, -0.25) is 9.35 Å². The van der Waals surface area contributed by atoms with Crippen LogP contribution in [0.5, 0.6) is 0 Å². The Balaban J connectivity index is 1.92. The largest absolute Gasteiger partial charge is 0.451 e. The van der Waals surface area contributed by atoms with E-state index >= 15 is 0 Å². The van der Waals surface area contributed by atoms with Crippen LogP contribution in [0, 0.1) is 0 Å². The average Bonchev–Trinajstić information content (AvgIpc) is 3.27. The van der Waals surface area contributed by atoms with E-state index in [0.717, 1.165) is 11.1 Å². The minimum absolute atomic E-state index is 0.0151. The van der Waals surface area contributed by atoms with E-state index in [9.17, 15) is 26.4 Å². The lowest BCUT2D eigenvalue weighted by atomic mass is 10.0. The third-order valence-corrected chi connectivity index (χ3v) is 4.00. The highest BCUT2D eigenvalue weighted by molar-refractivity contribution is 7.85. The Kier molecular flexibility index (Phi) is 5.51. The third kappa shape index (κ3) is 6.10. The number of benzene rings is 1. The number of hydrogen-bond acceptors (Lipinski definition) is 5. The fourth-order valence-corrected chi connectivity index (χ4v) is 2.68. The lowest BCUT2D eigenvalue weighted by molar-refractivity contribution is -0.215. The summed E-state index contributed by atoms with van der Waals surface area (Å²) in [5.41, 5.74) is 1.64. The summed E-state index contributed by atoms with van der Waals surface area (Å²) in [6.07, 6.45) is -8.19. The van der Waals surface area contributed by atoms with Gasteiger partial charge in [0.05, 0.1) is 6.61 Å². The van der Waals surface area contributed by atoms with Crippen LogP contribution in [0.3, 0.4) is 0 Å². The van der Waals surface area contributed by atoms with E-state index in [0.29, 0.717) is 6.61 Å². The van der Waals surface area contributed by atoms with Gasteiger partial charge in [0.15, 0.2) is 0 Å². The number of epoxide rings is 1. The number of carbonyl (C=O) groups excluding carboxylic acids is 1. The Morgan fingerprint density at radius 3 is 2.62 bits per heavy atom. The molecule has 1 saturated heterocycles. The van der Waals surface area contributed by atoms with Gasteiger partial charge in [-0.25, -0.2) is 0 Å². The second-order valence-electron chi connectivity index (χ2n) is 5.34. The van der Waals surface area contributed by atoms with Crippen LogP contribution in [0.15, 0.2) is 24.3 Å². The molecule has 0 spiro atoms. The van der Waals surface area contributed by atoms with Crippen molar-refractivity contribution in [2.45, 2.75) is 31.2 Å². The summed E-state index contributed by atoms with van der Waals surface area (Å²) < 4.78 is 77.0. The molecule has 1 heterocycles. The monoisotopic (exact) mass is 368 g/mol. The minimum atomic E-state index is -5.09. The number of ether oxygens (including phenoxy) is 2. The second kappa shape index (κ2) is 7.08. The molecule has 1 aliphatic rings. The molecule has 134 valence electrons. The first-order valence-corrected chi connectivity index (χ1v) is 8.57. The fourth-order valence-electron chi connectivity index (χ4n) is 2.04. The molecule has 6 nitrogen and oxygen atoms in total. The molecule has 2 atom stereocenters. The van der Waals surface area contributed by atoms with Gasteiger partial charge < -0.3 is 9.47 Å². The van der Waals surface area contributed by atoms with Crippen LogP contribution in [0.4, 0.5) is 13.2 Å². The maximum absolute atomic E-state index is 12.7. The standard InChI is InChI=1S/C14H15F3O6S/c15-14(16,17)12(8-24(19,20)21)23-13(18)5-4-9-2-1-3-10(6-9)11-7-22-11/h1-3,6,11-12H,4-5,7-8H2,(H,19,20,21). The molecule has 10 heteroatoms. The van der Waals surface area contributed by atoms with Gasteiger partial charge in [0.1, 0.15) is 11.9 Å². The van der Waals surface area contributed by atoms with Crippen molar-refractivity contribution in [1.82, 2.24) is 0 Å². The number of carbonyl (C=O) groups is 1. The normalized spacial score (nSPS) is 18.9. The molecule has 1 aromatic carbocycles. The molecule has 0 aromatic heterocycles. The van der Waals surface area contributed by atoms with Gasteiger partial charge in [0, 0.05) is 6.42 Å². The first kappa shape index (κ1) is 18.7. The van der Waals surface area contributed by atoms with Crippen LogP contribution < -0.4 is 0 Å². The van der Waals surface area contributed by atoms with Crippen LogP contribution in [0.2, 0.25) is 0 Å². The predicted molar refractivity (Wildman–Crippen MR) is 75.8 cm³/mol. The van der Waals surface area contributed by atoms with E-state index in [1.165, 1.54) is 0 Å². The summed E-state index contributed by atoms with van der Waals surface area (Å²) in [6.45, 7) is 0.606. The summed E-state index contributed by atoms with van der Waals surface area (Å²) >= 11 is 0. The summed E-state index contributed by atoms with van der Waals surface area (Å²) in [7, 11) is -4.94. The van der Waals surface area contributed by atoms with Crippen molar-refractivity contribution in [1.29, 1.82) is 0 Å². The Morgan fingerprint density at radius 1 is 1.42 bits per heavy atom. The quantitative estimate of drug-likeness (QED) is 0.450. The van der Waals surface area contributed by atoms with Gasteiger partial charge in [0.2, 0.25) is 6.10 Å². The van der Waals surface area contributed by atoms with Crippen molar-refractivity contribution in [2.75, 3.05) is 12.4 Å². The maximum atomic E-state index is 12.7. The van der Waals surface area contributed by atoms with Gasteiger partial charge in [-0.2, -0.15) is 21.6 Å². The van der Waals surface area contributed by atoms with Crippen molar-refractivity contribution in [3.8, 4) is 0 Å². The van der Waals surface area contributed by atoms with Crippen LogP contribution in [0.25, 0.3) is 0 Å². The molecular weight excluding hydrogens is 353 g/mol. The van der Waals surface area contributed by atoms with Crippen molar-refractivity contribution in [3.63, 3.8) is 0 Å². The van der Waals surface area contributed by atoms with Crippen molar-refractivity contribution in [2.24, 2.45) is 0 Å². The predicted octanol–water partition coefficient (Wildman–Crippen LogP) is 2.05. The lowest BCUT2D eigenvalue weighted by Crippen LogP contribution is -2.39. The molecule has 0 aliphatic carbocycles. The first-order valence-electron chi connectivity index (χ1n) is 6.96. The molecule has 0 radical (unpaired) electrons. The Hall–Kier alpha value is -1.65. The molecule has 0 amide bonds. The van der Waals surface area contributed by atoms with E-state index in [1.807, 2.05) is 6.07 Å². The second-order valence-corrected chi connectivity index (χ2v) is 6.83. The number of esters is 1. The summed E-state index contributed by atoms with van der Waals surface area (Å²) in [6, 6.07) is 7.07. The summed E-state index contributed by atoms with van der Waals surface area (Å²) in [4.78, 5) is 11.6. The van der Waals surface area contributed by atoms with Crippen molar-refractivity contribution >= 4 is 16.1 Å².